The van der Waals surface area contributed by atoms with Crippen LogP contribution in [-0.2, 0) is 25.9 Å². The molecular weight excluding hydrogens is 374 g/mol. The molecule has 4 aromatic rings. The zero-order valence-electron chi connectivity index (χ0n) is 18.3. The fourth-order valence-corrected chi connectivity index (χ4v) is 4.40. The summed E-state index contributed by atoms with van der Waals surface area (Å²) in [6.45, 7) is 4.27. The molecule has 0 aliphatic rings. The molecular formula is C30H31N. The van der Waals surface area contributed by atoms with Crippen molar-refractivity contribution in [2.24, 2.45) is 0 Å². The second kappa shape index (κ2) is 10.2. The Balaban J connectivity index is 1.71. The van der Waals surface area contributed by atoms with Crippen molar-refractivity contribution in [3.8, 4) is 0 Å². The Bertz CT molecular complexity index is 944. The van der Waals surface area contributed by atoms with E-state index in [1.165, 1.54) is 22.3 Å². The smallest absolute Gasteiger partial charge is 0.0269 e. The average molecular weight is 406 g/mol. The Labute approximate surface area is 187 Å². The first-order valence-corrected chi connectivity index (χ1v) is 11.1. The minimum absolute atomic E-state index is 0.0333. The summed E-state index contributed by atoms with van der Waals surface area (Å²) in [5, 5.41) is 0. The molecule has 0 saturated heterocycles. The second-order valence-corrected chi connectivity index (χ2v) is 8.65. The Kier molecular flexibility index (Phi) is 6.96. The molecule has 4 aromatic carbocycles. The van der Waals surface area contributed by atoms with Gasteiger partial charge < -0.3 is 0 Å². The molecule has 0 aromatic heterocycles. The maximum absolute atomic E-state index is 2.66. The Morgan fingerprint density at radius 3 is 1.06 bits per heavy atom. The normalized spacial score (nSPS) is 11.5. The third kappa shape index (κ3) is 5.93. The van der Waals surface area contributed by atoms with Crippen LogP contribution in [0.15, 0.2) is 121 Å². The summed E-state index contributed by atoms with van der Waals surface area (Å²) >= 11 is 0. The summed E-state index contributed by atoms with van der Waals surface area (Å²) in [5.74, 6) is 0. The molecule has 0 unspecified atom stereocenters. The van der Waals surface area contributed by atoms with E-state index in [4.69, 9.17) is 0 Å². The Morgan fingerprint density at radius 1 is 0.452 bits per heavy atom. The molecule has 0 N–H and O–H groups in total. The van der Waals surface area contributed by atoms with E-state index < -0.39 is 0 Å². The van der Waals surface area contributed by atoms with Gasteiger partial charge in [-0.3, -0.25) is 4.90 Å². The lowest BCUT2D eigenvalue weighted by atomic mass is 9.84. The fraction of sp³-hybridized carbons (Fsp3) is 0.200. The van der Waals surface area contributed by atoms with Crippen LogP contribution in [0.2, 0.25) is 0 Å². The van der Waals surface area contributed by atoms with E-state index in [0.29, 0.717) is 0 Å². The van der Waals surface area contributed by atoms with Gasteiger partial charge in [-0.15, -0.1) is 0 Å². The van der Waals surface area contributed by atoms with Gasteiger partial charge in [-0.25, -0.2) is 0 Å². The maximum atomic E-state index is 2.66. The lowest BCUT2D eigenvalue weighted by Crippen LogP contribution is -2.49. The van der Waals surface area contributed by atoms with E-state index in [9.17, 15) is 0 Å². The van der Waals surface area contributed by atoms with Crippen LogP contribution in [0.3, 0.4) is 0 Å². The summed E-state index contributed by atoms with van der Waals surface area (Å²) < 4.78 is 0. The standard InChI is InChI=1S/C30H31N/c1-30(22-26-14-6-2-7-15-26,23-27-16-8-3-9-17-27)31(24-28-18-10-4-11-19-28)25-29-20-12-5-13-21-29/h2-21H,22-25H2,1H3. The molecule has 0 aliphatic carbocycles. The summed E-state index contributed by atoms with van der Waals surface area (Å²) in [7, 11) is 0. The zero-order valence-corrected chi connectivity index (χ0v) is 18.3. The van der Waals surface area contributed by atoms with Crippen LogP contribution in [0.1, 0.15) is 29.2 Å². The second-order valence-electron chi connectivity index (χ2n) is 8.65. The molecule has 1 nitrogen and oxygen atoms in total. The largest absolute Gasteiger partial charge is 0.289 e. The van der Waals surface area contributed by atoms with E-state index in [1.807, 2.05) is 0 Å². The number of hydrogen-bond donors (Lipinski definition) is 0. The van der Waals surface area contributed by atoms with Crippen LogP contribution >= 0.6 is 0 Å². The van der Waals surface area contributed by atoms with Crippen LogP contribution in [0.5, 0.6) is 0 Å². The van der Waals surface area contributed by atoms with E-state index >= 15 is 0 Å². The topological polar surface area (TPSA) is 3.24 Å². The van der Waals surface area contributed by atoms with Crippen molar-refractivity contribution in [1.82, 2.24) is 4.90 Å². The van der Waals surface area contributed by atoms with E-state index in [2.05, 4.69) is 133 Å². The van der Waals surface area contributed by atoms with Gasteiger partial charge in [0.05, 0.1) is 0 Å². The highest BCUT2D eigenvalue weighted by molar-refractivity contribution is 5.24. The van der Waals surface area contributed by atoms with Crippen molar-refractivity contribution in [2.75, 3.05) is 0 Å². The van der Waals surface area contributed by atoms with Crippen molar-refractivity contribution in [3.63, 3.8) is 0 Å². The molecule has 0 spiro atoms. The monoisotopic (exact) mass is 405 g/mol. The molecule has 31 heavy (non-hydrogen) atoms. The van der Waals surface area contributed by atoms with Gasteiger partial charge in [0.15, 0.2) is 0 Å². The van der Waals surface area contributed by atoms with Crippen molar-refractivity contribution in [3.05, 3.63) is 144 Å². The lowest BCUT2D eigenvalue weighted by Gasteiger charge is -2.42. The van der Waals surface area contributed by atoms with Crippen LogP contribution in [0, 0.1) is 0 Å². The van der Waals surface area contributed by atoms with Gasteiger partial charge in [0.25, 0.3) is 0 Å². The van der Waals surface area contributed by atoms with Gasteiger partial charge >= 0.3 is 0 Å². The highest BCUT2D eigenvalue weighted by atomic mass is 15.2. The first-order valence-electron chi connectivity index (χ1n) is 11.1. The summed E-state index contributed by atoms with van der Waals surface area (Å²) in [4.78, 5) is 2.66. The van der Waals surface area contributed by atoms with Crippen molar-refractivity contribution < 1.29 is 0 Å². The van der Waals surface area contributed by atoms with Gasteiger partial charge in [-0.05, 0) is 42.0 Å². The number of benzene rings is 4. The minimum atomic E-state index is -0.0333. The predicted octanol–water partition coefficient (Wildman–Crippen LogP) is 6.93. The molecule has 0 bridgehead atoms. The van der Waals surface area contributed by atoms with Crippen molar-refractivity contribution in [2.45, 2.75) is 38.4 Å². The van der Waals surface area contributed by atoms with Gasteiger partial charge in [-0.2, -0.15) is 0 Å². The van der Waals surface area contributed by atoms with Gasteiger partial charge in [0.2, 0.25) is 0 Å². The lowest BCUT2D eigenvalue weighted by molar-refractivity contribution is 0.0850. The van der Waals surface area contributed by atoms with Crippen LogP contribution in [0.25, 0.3) is 0 Å². The predicted molar refractivity (Wildman–Crippen MR) is 131 cm³/mol. The van der Waals surface area contributed by atoms with E-state index in [1.54, 1.807) is 0 Å². The summed E-state index contributed by atoms with van der Waals surface area (Å²) in [5.41, 5.74) is 5.43. The van der Waals surface area contributed by atoms with E-state index in [-0.39, 0.29) is 5.54 Å². The molecule has 0 aliphatic heterocycles. The van der Waals surface area contributed by atoms with Gasteiger partial charge in [-0.1, -0.05) is 121 Å². The SMILES string of the molecule is CC(Cc1ccccc1)(Cc1ccccc1)N(Cc1ccccc1)Cc1ccccc1. The van der Waals surface area contributed by atoms with Crippen LogP contribution < -0.4 is 0 Å². The maximum Gasteiger partial charge on any atom is 0.0269 e. The molecule has 0 heterocycles. The average Bonchev–Trinajstić information content (AvgIpc) is 2.81. The van der Waals surface area contributed by atoms with Gasteiger partial charge in [0.1, 0.15) is 0 Å². The third-order valence-electron chi connectivity index (χ3n) is 6.05. The highest BCUT2D eigenvalue weighted by Gasteiger charge is 2.32. The van der Waals surface area contributed by atoms with Gasteiger partial charge in [0, 0.05) is 18.6 Å². The molecule has 1 heteroatoms. The highest BCUT2D eigenvalue weighted by Crippen LogP contribution is 2.29. The van der Waals surface area contributed by atoms with Crippen LogP contribution in [0.4, 0.5) is 0 Å². The van der Waals surface area contributed by atoms with Crippen molar-refractivity contribution >= 4 is 0 Å². The third-order valence-corrected chi connectivity index (χ3v) is 6.05. The molecule has 0 fully saturated rings. The van der Waals surface area contributed by atoms with Crippen LogP contribution in [-0.4, -0.2) is 10.4 Å². The molecule has 156 valence electrons. The Hall–Kier alpha value is -3.16. The molecule has 0 amide bonds. The molecule has 0 atom stereocenters. The Morgan fingerprint density at radius 2 is 0.742 bits per heavy atom. The van der Waals surface area contributed by atoms with Crippen molar-refractivity contribution in [1.29, 1.82) is 0 Å². The summed E-state index contributed by atoms with van der Waals surface area (Å²) in [6, 6.07) is 43.5. The number of nitrogens with zero attached hydrogens (tertiary/aromatic N) is 1. The first-order chi connectivity index (χ1) is 15.2. The zero-order chi connectivity index (χ0) is 21.4. The number of hydrogen-bond acceptors (Lipinski definition) is 1. The summed E-state index contributed by atoms with van der Waals surface area (Å²) in [6.07, 6.45) is 2.00. The fourth-order valence-electron chi connectivity index (χ4n) is 4.40. The molecule has 0 radical (unpaired) electrons. The molecule has 4 rings (SSSR count). The molecule has 0 saturated carbocycles. The number of rotatable bonds is 9. The quantitative estimate of drug-likeness (QED) is 0.292. The first kappa shape index (κ1) is 21.1. The minimum Gasteiger partial charge on any atom is -0.289 e. The van der Waals surface area contributed by atoms with E-state index in [0.717, 1.165) is 25.9 Å².